The molecule has 8 rings (SSSR count). The van der Waals surface area contributed by atoms with Gasteiger partial charge in [-0.25, -0.2) is 0 Å². The maximum absolute atomic E-state index is 2.43. The summed E-state index contributed by atoms with van der Waals surface area (Å²) >= 11 is 0. The Balaban J connectivity index is 1.74. The maximum Gasteiger partial charge on any atom is 0.0548 e. The fourth-order valence-electron chi connectivity index (χ4n) is 6.00. The number of rotatable bonds is 1. The fraction of sp³-hybridized carbons (Fsp3) is 0. The normalized spacial score (nSPS) is 12.2. The molecule has 1 heterocycles. The quantitative estimate of drug-likeness (QED) is 0.235. The Morgan fingerprint density at radius 3 is 1.97 bits per heavy atom. The Morgan fingerprint density at radius 2 is 1.09 bits per heavy atom. The Morgan fingerprint density at radius 1 is 0.394 bits per heavy atom. The summed E-state index contributed by atoms with van der Waals surface area (Å²) in [5, 5.41) is 8.01. The molecule has 0 radical (unpaired) electrons. The van der Waals surface area contributed by atoms with Crippen LogP contribution in [-0.4, -0.2) is 4.57 Å². The van der Waals surface area contributed by atoms with Crippen molar-refractivity contribution in [2.75, 3.05) is 0 Å². The van der Waals surface area contributed by atoms with Crippen LogP contribution in [0.3, 0.4) is 0 Å². The monoisotopic (exact) mass is 417 g/mol. The van der Waals surface area contributed by atoms with Crippen LogP contribution in [0.5, 0.6) is 0 Å². The molecule has 33 heavy (non-hydrogen) atoms. The summed E-state index contributed by atoms with van der Waals surface area (Å²) in [6.07, 6.45) is 0. The van der Waals surface area contributed by atoms with Gasteiger partial charge in [-0.05, 0) is 68.7 Å². The van der Waals surface area contributed by atoms with E-state index >= 15 is 0 Å². The van der Waals surface area contributed by atoms with Gasteiger partial charge in [0.05, 0.1) is 11.0 Å². The van der Waals surface area contributed by atoms with Crippen molar-refractivity contribution in [1.29, 1.82) is 0 Å². The van der Waals surface area contributed by atoms with E-state index in [9.17, 15) is 0 Å². The van der Waals surface area contributed by atoms with Crippen LogP contribution in [0.25, 0.3) is 71.3 Å². The van der Waals surface area contributed by atoms with Crippen LogP contribution >= 0.6 is 0 Å². The van der Waals surface area contributed by atoms with Crippen molar-refractivity contribution < 1.29 is 0 Å². The predicted molar refractivity (Wildman–Crippen MR) is 140 cm³/mol. The second-order valence-electron chi connectivity index (χ2n) is 8.94. The molecule has 7 aromatic rings. The number of benzene rings is 6. The van der Waals surface area contributed by atoms with Crippen molar-refractivity contribution in [3.05, 3.63) is 115 Å². The molecule has 1 aromatic heterocycles. The Kier molecular flexibility index (Phi) is 3.19. The molecule has 0 unspecified atom stereocenters. The van der Waals surface area contributed by atoms with Crippen LogP contribution in [0.4, 0.5) is 0 Å². The molecule has 1 aliphatic rings. The average molecular weight is 418 g/mol. The average Bonchev–Trinajstić information content (AvgIpc) is 3.17. The molecular formula is C32H19N. The highest BCUT2D eigenvalue weighted by atomic mass is 15.0. The van der Waals surface area contributed by atoms with Crippen LogP contribution in [-0.2, 0) is 0 Å². The number of nitrogens with zero attached hydrogens (tertiary/aromatic N) is 1. The van der Waals surface area contributed by atoms with E-state index < -0.39 is 0 Å². The summed E-state index contributed by atoms with van der Waals surface area (Å²) in [6.45, 7) is 0. The minimum Gasteiger partial charge on any atom is -0.309 e. The maximum atomic E-state index is 2.43. The first-order valence-corrected chi connectivity index (χ1v) is 11.5. The molecule has 0 spiro atoms. The lowest BCUT2D eigenvalue weighted by molar-refractivity contribution is 1.18. The minimum absolute atomic E-state index is 1.20. The lowest BCUT2D eigenvalue weighted by Gasteiger charge is -2.15. The molecule has 0 bridgehead atoms. The number of fused-ring (bicyclic) bond motifs is 5. The first kappa shape index (κ1) is 17.2. The van der Waals surface area contributed by atoms with E-state index in [0.29, 0.717) is 0 Å². The van der Waals surface area contributed by atoms with Gasteiger partial charge in [-0.15, -0.1) is 0 Å². The molecule has 0 saturated heterocycles. The van der Waals surface area contributed by atoms with E-state index in [-0.39, 0.29) is 0 Å². The molecule has 0 N–H and O–H groups in total. The lowest BCUT2D eigenvalue weighted by atomic mass is 9.90. The van der Waals surface area contributed by atoms with Crippen LogP contribution in [0.15, 0.2) is 115 Å². The van der Waals surface area contributed by atoms with Crippen molar-refractivity contribution >= 4 is 43.4 Å². The second kappa shape index (κ2) is 6.11. The van der Waals surface area contributed by atoms with E-state index in [1.807, 2.05) is 0 Å². The third-order valence-electron chi connectivity index (χ3n) is 7.30. The zero-order valence-corrected chi connectivity index (χ0v) is 17.9. The first-order chi connectivity index (χ1) is 16.4. The van der Waals surface area contributed by atoms with Crippen LogP contribution in [0.1, 0.15) is 0 Å². The van der Waals surface area contributed by atoms with Gasteiger partial charge in [-0.3, -0.25) is 0 Å². The van der Waals surface area contributed by atoms with Gasteiger partial charge >= 0.3 is 0 Å². The lowest BCUT2D eigenvalue weighted by Crippen LogP contribution is -1.94. The molecular weight excluding hydrogens is 398 g/mol. The van der Waals surface area contributed by atoms with Gasteiger partial charge in [0.1, 0.15) is 0 Å². The standard InChI is InChI=1S/C32H19N/c1-2-10-21(11-3-1)33-28-16-8-15-25-23-13-6-7-14-24(23)27-19-20-9-4-5-12-22(20)26-17-18-29(33)32(30(26)27)31(25)28/h1-19H. The highest BCUT2D eigenvalue weighted by Crippen LogP contribution is 2.50. The number of hydrogen-bond acceptors (Lipinski definition) is 0. The van der Waals surface area contributed by atoms with Crippen molar-refractivity contribution in [1.82, 2.24) is 4.57 Å². The summed E-state index contributed by atoms with van der Waals surface area (Å²) in [4.78, 5) is 0. The fourth-order valence-corrected chi connectivity index (χ4v) is 6.00. The largest absolute Gasteiger partial charge is 0.309 e. The molecule has 6 aromatic carbocycles. The summed E-state index contributed by atoms with van der Waals surface area (Å²) in [5.41, 5.74) is 8.99. The highest BCUT2D eigenvalue weighted by molar-refractivity contribution is 6.33. The SMILES string of the molecule is c1ccc(-n2c3cccc4c3c3c5c(cc6ccccc6c5ccc32)-c2ccccc2-4)cc1. The van der Waals surface area contributed by atoms with E-state index in [4.69, 9.17) is 0 Å². The van der Waals surface area contributed by atoms with Crippen molar-refractivity contribution in [2.24, 2.45) is 0 Å². The van der Waals surface area contributed by atoms with E-state index in [2.05, 4.69) is 120 Å². The summed E-state index contributed by atoms with van der Waals surface area (Å²) < 4.78 is 2.43. The Labute approximate surface area is 191 Å². The van der Waals surface area contributed by atoms with Crippen LogP contribution in [0.2, 0.25) is 0 Å². The molecule has 1 aliphatic carbocycles. The minimum atomic E-state index is 1.20. The first-order valence-electron chi connectivity index (χ1n) is 11.5. The zero-order chi connectivity index (χ0) is 21.5. The Bertz CT molecular complexity index is 1910. The number of hydrogen-bond donors (Lipinski definition) is 0. The van der Waals surface area contributed by atoms with Gasteiger partial charge in [0, 0.05) is 21.8 Å². The van der Waals surface area contributed by atoms with Gasteiger partial charge in [0.2, 0.25) is 0 Å². The van der Waals surface area contributed by atoms with Crippen molar-refractivity contribution in [2.45, 2.75) is 0 Å². The van der Waals surface area contributed by atoms with E-state index in [1.54, 1.807) is 0 Å². The molecule has 0 amide bonds. The van der Waals surface area contributed by atoms with Gasteiger partial charge < -0.3 is 4.57 Å². The van der Waals surface area contributed by atoms with Gasteiger partial charge in [-0.2, -0.15) is 0 Å². The third kappa shape index (κ3) is 2.12. The molecule has 0 aliphatic heterocycles. The second-order valence-corrected chi connectivity index (χ2v) is 8.94. The highest BCUT2D eigenvalue weighted by Gasteiger charge is 2.25. The molecule has 152 valence electrons. The van der Waals surface area contributed by atoms with Gasteiger partial charge in [-0.1, -0.05) is 84.9 Å². The number of para-hydroxylation sites is 1. The Hall–Kier alpha value is -4.36. The topological polar surface area (TPSA) is 4.93 Å². The van der Waals surface area contributed by atoms with Crippen LogP contribution in [0, 0.1) is 0 Å². The van der Waals surface area contributed by atoms with Crippen molar-refractivity contribution in [3.8, 4) is 27.9 Å². The number of aromatic nitrogens is 1. The smallest absolute Gasteiger partial charge is 0.0548 e. The van der Waals surface area contributed by atoms with Gasteiger partial charge in [0.25, 0.3) is 0 Å². The predicted octanol–water partition coefficient (Wildman–Crippen LogP) is 8.74. The molecule has 1 nitrogen and oxygen atoms in total. The van der Waals surface area contributed by atoms with Gasteiger partial charge in [0.15, 0.2) is 0 Å². The molecule has 0 saturated carbocycles. The zero-order valence-electron chi connectivity index (χ0n) is 17.9. The summed E-state index contributed by atoms with van der Waals surface area (Å²) in [6, 6.07) is 42.2. The molecule has 0 fully saturated rings. The summed E-state index contributed by atoms with van der Waals surface area (Å²) in [7, 11) is 0. The van der Waals surface area contributed by atoms with Crippen molar-refractivity contribution in [3.63, 3.8) is 0 Å². The van der Waals surface area contributed by atoms with Crippen LogP contribution < -0.4 is 0 Å². The molecule has 1 heteroatoms. The molecule has 0 atom stereocenters. The third-order valence-corrected chi connectivity index (χ3v) is 7.30. The van der Waals surface area contributed by atoms with E-state index in [0.717, 1.165) is 0 Å². The summed E-state index contributed by atoms with van der Waals surface area (Å²) in [5.74, 6) is 0. The van der Waals surface area contributed by atoms with E-state index in [1.165, 1.54) is 71.3 Å².